The summed E-state index contributed by atoms with van der Waals surface area (Å²) >= 11 is 0. The third-order valence-corrected chi connectivity index (χ3v) is 5.22. The van der Waals surface area contributed by atoms with Crippen LogP contribution in [0.5, 0.6) is 0 Å². The topological polar surface area (TPSA) is 113 Å². The molecule has 2 atom stereocenters. The van der Waals surface area contributed by atoms with Crippen molar-refractivity contribution < 1.29 is 24.2 Å². The second kappa shape index (κ2) is 10.4. The first-order valence-corrected chi connectivity index (χ1v) is 10.00. The molecule has 0 aliphatic heterocycles. The largest absolute Gasteiger partial charge is 0.480 e. The highest BCUT2D eigenvalue weighted by Crippen LogP contribution is 2.27. The van der Waals surface area contributed by atoms with Crippen LogP contribution < -0.4 is 5.32 Å². The van der Waals surface area contributed by atoms with Gasteiger partial charge in [-0.05, 0) is 31.1 Å². The molecular weight excluding hydrogens is 348 g/mol. The van der Waals surface area contributed by atoms with Gasteiger partial charge in [-0.3, -0.25) is 14.9 Å². The van der Waals surface area contributed by atoms with Crippen LogP contribution in [0.25, 0.3) is 0 Å². The molecule has 1 saturated carbocycles. The summed E-state index contributed by atoms with van der Waals surface area (Å²) in [5.41, 5.74) is 0.844. The van der Waals surface area contributed by atoms with Gasteiger partial charge < -0.3 is 14.6 Å². The number of rotatable bonds is 11. The van der Waals surface area contributed by atoms with E-state index in [1.807, 2.05) is 13.8 Å². The molecule has 0 spiro atoms. The van der Waals surface area contributed by atoms with Gasteiger partial charge in [0.25, 0.3) is 0 Å². The van der Waals surface area contributed by atoms with Crippen LogP contribution in [0.1, 0.15) is 70.4 Å². The summed E-state index contributed by atoms with van der Waals surface area (Å²) in [7, 11) is 0. The quantitative estimate of drug-likeness (QED) is 0.540. The van der Waals surface area contributed by atoms with Gasteiger partial charge in [-0.25, -0.2) is 4.98 Å². The molecular formula is C20H32N2O5. The maximum Gasteiger partial charge on any atom is 0.321 e. The second-order valence-corrected chi connectivity index (χ2v) is 8.06. The first kappa shape index (κ1) is 21.4. The maximum atomic E-state index is 11.6. The molecule has 0 bridgehead atoms. The standard InChI is InChI=1S/C20H32N2O5/c1-13(2)10-16(19(23)24)22-17(20(25)26)11-18-21-15(12-27-18)9-8-14-6-4-3-5-7-14/h12-14,16-17,22H,3-11H2,1-2H3,(H,23,24)(H,25,26)/t16-,17-/m0/s1. The van der Waals surface area contributed by atoms with Crippen LogP contribution >= 0.6 is 0 Å². The normalized spacial score (nSPS) is 17.7. The van der Waals surface area contributed by atoms with E-state index in [-0.39, 0.29) is 12.3 Å². The molecule has 1 fully saturated rings. The van der Waals surface area contributed by atoms with E-state index in [2.05, 4.69) is 10.3 Å². The van der Waals surface area contributed by atoms with Gasteiger partial charge in [0, 0.05) is 0 Å². The second-order valence-electron chi connectivity index (χ2n) is 8.06. The van der Waals surface area contributed by atoms with Crippen LogP contribution in [0.4, 0.5) is 0 Å². The fourth-order valence-corrected chi connectivity index (χ4v) is 3.73. The number of aliphatic carboxylic acids is 2. The molecule has 7 nitrogen and oxygen atoms in total. The van der Waals surface area contributed by atoms with Crippen LogP contribution in [-0.4, -0.2) is 39.2 Å². The monoisotopic (exact) mass is 380 g/mol. The van der Waals surface area contributed by atoms with Gasteiger partial charge in [0.1, 0.15) is 18.3 Å². The number of carboxylic acid groups (broad SMARTS) is 2. The van der Waals surface area contributed by atoms with Crippen molar-refractivity contribution in [2.24, 2.45) is 11.8 Å². The highest BCUT2D eigenvalue weighted by Gasteiger charge is 2.28. The van der Waals surface area contributed by atoms with E-state index in [1.54, 1.807) is 6.26 Å². The molecule has 1 aromatic rings. The Labute approximate surface area is 160 Å². The molecule has 3 N–H and O–H groups in total. The molecule has 0 radical (unpaired) electrons. The van der Waals surface area contributed by atoms with E-state index in [0.29, 0.717) is 12.3 Å². The van der Waals surface area contributed by atoms with Gasteiger partial charge in [-0.15, -0.1) is 0 Å². The lowest BCUT2D eigenvalue weighted by Gasteiger charge is -2.21. The van der Waals surface area contributed by atoms with Gasteiger partial charge in [-0.1, -0.05) is 46.0 Å². The van der Waals surface area contributed by atoms with Crippen molar-refractivity contribution in [1.29, 1.82) is 0 Å². The summed E-state index contributed by atoms with van der Waals surface area (Å²) in [5, 5.41) is 21.5. The first-order chi connectivity index (χ1) is 12.8. The Hall–Kier alpha value is -1.89. The number of nitrogens with one attached hydrogen (secondary N) is 1. The van der Waals surface area contributed by atoms with Crippen molar-refractivity contribution in [2.45, 2.75) is 83.7 Å². The minimum Gasteiger partial charge on any atom is -0.480 e. The van der Waals surface area contributed by atoms with Crippen LogP contribution in [0.15, 0.2) is 10.7 Å². The van der Waals surface area contributed by atoms with E-state index < -0.39 is 24.0 Å². The summed E-state index contributed by atoms with van der Waals surface area (Å²) in [4.78, 5) is 27.4. The lowest BCUT2D eigenvalue weighted by molar-refractivity contribution is -0.143. The van der Waals surface area contributed by atoms with Crippen molar-refractivity contribution in [1.82, 2.24) is 10.3 Å². The third kappa shape index (κ3) is 7.33. The Morgan fingerprint density at radius 3 is 2.44 bits per heavy atom. The summed E-state index contributed by atoms with van der Waals surface area (Å²) in [5.74, 6) is -0.925. The Bertz CT molecular complexity index is 607. The SMILES string of the molecule is CC(C)C[C@H](N[C@@H](Cc1nc(CCC2CCCCC2)co1)C(=O)O)C(=O)O. The fraction of sp³-hybridized carbons (Fsp3) is 0.750. The van der Waals surface area contributed by atoms with Gasteiger partial charge >= 0.3 is 11.9 Å². The zero-order chi connectivity index (χ0) is 19.8. The molecule has 1 aliphatic carbocycles. The van der Waals surface area contributed by atoms with Gasteiger partial charge in [-0.2, -0.15) is 0 Å². The fourth-order valence-electron chi connectivity index (χ4n) is 3.73. The van der Waals surface area contributed by atoms with Crippen LogP contribution in [0, 0.1) is 11.8 Å². The minimum absolute atomic E-state index is 0.0284. The number of aryl methyl sites for hydroxylation is 1. The Balaban J connectivity index is 1.90. The Kier molecular flexibility index (Phi) is 8.28. The predicted octanol–water partition coefficient (Wildman–Crippen LogP) is 3.27. The molecule has 7 heteroatoms. The summed E-state index contributed by atoms with van der Waals surface area (Å²) in [6, 6.07) is -1.96. The van der Waals surface area contributed by atoms with Crippen molar-refractivity contribution in [3.05, 3.63) is 17.8 Å². The van der Waals surface area contributed by atoms with E-state index in [0.717, 1.165) is 24.5 Å². The van der Waals surface area contributed by atoms with Crippen LogP contribution in [0.3, 0.4) is 0 Å². The number of oxazole rings is 1. The Morgan fingerprint density at radius 1 is 1.19 bits per heavy atom. The number of carbonyl (C=O) groups is 2. The molecule has 152 valence electrons. The van der Waals surface area contributed by atoms with E-state index >= 15 is 0 Å². The van der Waals surface area contributed by atoms with Gasteiger partial charge in [0.2, 0.25) is 0 Å². The maximum absolute atomic E-state index is 11.6. The van der Waals surface area contributed by atoms with Crippen molar-refractivity contribution in [3.8, 4) is 0 Å². The molecule has 0 saturated heterocycles. The number of hydrogen-bond donors (Lipinski definition) is 3. The van der Waals surface area contributed by atoms with Crippen LogP contribution in [-0.2, 0) is 22.4 Å². The number of aromatic nitrogens is 1. The molecule has 1 aromatic heterocycles. The van der Waals surface area contributed by atoms with Gasteiger partial charge in [0.05, 0.1) is 12.1 Å². The zero-order valence-electron chi connectivity index (χ0n) is 16.3. The molecule has 0 aromatic carbocycles. The highest BCUT2D eigenvalue weighted by molar-refractivity contribution is 5.77. The lowest BCUT2D eigenvalue weighted by Crippen LogP contribution is -2.48. The molecule has 1 heterocycles. The molecule has 0 amide bonds. The molecule has 0 unspecified atom stereocenters. The molecule has 27 heavy (non-hydrogen) atoms. The first-order valence-electron chi connectivity index (χ1n) is 10.00. The van der Waals surface area contributed by atoms with Gasteiger partial charge in [0.15, 0.2) is 5.89 Å². The summed E-state index contributed by atoms with van der Waals surface area (Å²) in [6.45, 7) is 3.81. The third-order valence-electron chi connectivity index (χ3n) is 5.22. The average molecular weight is 380 g/mol. The minimum atomic E-state index is -1.10. The number of nitrogens with zero attached hydrogens (tertiary/aromatic N) is 1. The summed E-state index contributed by atoms with van der Waals surface area (Å²) < 4.78 is 5.45. The lowest BCUT2D eigenvalue weighted by atomic mass is 9.86. The van der Waals surface area contributed by atoms with E-state index in [9.17, 15) is 19.8 Å². The zero-order valence-corrected chi connectivity index (χ0v) is 16.3. The summed E-state index contributed by atoms with van der Waals surface area (Å²) in [6.07, 6.45) is 10.4. The number of carboxylic acids is 2. The van der Waals surface area contributed by atoms with E-state index in [1.165, 1.54) is 32.1 Å². The van der Waals surface area contributed by atoms with E-state index in [4.69, 9.17) is 4.42 Å². The molecule has 1 aliphatic rings. The average Bonchev–Trinajstić information content (AvgIpc) is 3.06. The molecule has 2 rings (SSSR count). The number of hydrogen-bond acceptors (Lipinski definition) is 5. The smallest absolute Gasteiger partial charge is 0.321 e. The highest BCUT2D eigenvalue weighted by atomic mass is 16.4. The Morgan fingerprint density at radius 2 is 1.85 bits per heavy atom. The van der Waals surface area contributed by atoms with Crippen molar-refractivity contribution in [2.75, 3.05) is 0 Å². The van der Waals surface area contributed by atoms with Crippen LogP contribution in [0.2, 0.25) is 0 Å². The van der Waals surface area contributed by atoms with Crippen molar-refractivity contribution in [3.63, 3.8) is 0 Å². The van der Waals surface area contributed by atoms with Crippen molar-refractivity contribution >= 4 is 11.9 Å². The predicted molar refractivity (Wildman–Crippen MR) is 101 cm³/mol.